The first kappa shape index (κ1) is 16.1. The van der Waals surface area contributed by atoms with Crippen LogP contribution < -0.4 is 0 Å². The quantitative estimate of drug-likeness (QED) is 0.874. The zero-order valence-electron chi connectivity index (χ0n) is 13.8. The predicted molar refractivity (Wildman–Crippen MR) is 102 cm³/mol. The highest BCUT2D eigenvalue weighted by Crippen LogP contribution is 2.09. The lowest BCUT2D eigenvalue weighted by Gasteiger charge is -2.19. The maximum absolute atomic E-state index is 8.31. The number of guanidine groups is 1. The highest BCUT2D eigenvalue weighted by Gasteiger charge is 2.22. The zero-order valence-corrected chi connectivity index (χ0v) is 13.8. The number of nitrogens with one attached hydrogen (secondary N) is 1. The summed E-state index contributed by atoms with van der Waals surface area (Å²) in [6, 6.07) is 20.6. The van der Waals surface area contributed by atoms with Gasteiger partial charge in [-0.2, -0.15) is 0 Å². The van der Waals surface area contributed by atoms with Crippen LogP contribution in [-0.4, -0.2) is 41.9 Å². The van der Waals surface area contributed by atoms with Crippen molar-refractivity contribution >= 4 is 18.1 Å². The third kappa shape index (κ3) is 4.35. The molecule has 3 rings (SSSR count). The van der Waals surface area contributed by atoms with Crippen molar-refractivity contribution in [2.24, 2.45) is 0 Å². The Hall–Kier alpha value is -2.81. The molecule has 1 aliphatic rings. The van der Waals surface area contributed by atoms with Gasteiger partial charge in [0.25, 0.3) is 0 Å². The molecule has 0 aromatic heterocycles. The van der Waals surface area contributed by atoms with E-state index < -0.39 is 0 Å². The number of rotatable bonds is 6. The van der Waals surface area contributed by atoms with E-state index in [1.165, 1.54) is 11.1 Å². The fourth-order valence-corrected chi connectivity index (χ4v) is 2.77. The molecular formula is C21H23N3. The van der Waals surface area contributed by atoms with Crippen LogP contribution in [0.2, 0.25) is 0 Å². The molecule has 0 atom stereocenters. The summed E-state index contributed by atoms with van der Waals surface area (Å²) in [6.07, 6.45) is 8.50. The van der Waals surface area contributed by atoms with Crippen LogP contribution in [0.5, 0.6) is 0 Å². The Morgan fingerprint density at radius 3 is 1.54 bits per heavy atom. The van der Waals surface area contributed by atoms with Gasteiger partial charge >= 0.3 is 0 Å². The van der Waals surface area contributed by atoms with Gasteiger partial charge in [0.2, 0.25) is 0 Å². The number of benzene rings is 2. The molecule has 0 aliphatic carbocycles. The number of hydrogen-bond acceptors (Lipinski definition) is 1. The number of hydrogen-bond donors (Lipinski definition) is 1. The second kappa shape index (κ2) is 8.16. The van der Waals surface area contributed by atoms with Gasteiger partial charge in [-0.05, 0) is 11.1 Å². The van der Waals surface area contributed by atoms with Crippen molar-refractivity contribution in [2.45, 2.75) is 0 Å². The highest BCUT2D eigenvalue weighted by atomic mass is 15.4. The van der Waals surface area contributed by atoms with Gasteiger partial charge in [-0.3, -0.25) is 5.41 Å². The van der Waals surface area contributed by atoms with Crippen LogP contribution in [0.4, 0.5) is 0 Å². The molecule has 3 nitrogen and oxygen atoms in total. The Morgan fingerprint density at radius 1 is 0.708 bits per heavy atom. The van der Waals surface area contributed by atoms with Gasteiger partial charge in [0.15, 0.2) is 5.96 Å². The van der Waals surface area contributed by atoms with Crippen molar-refractivity contribution in [3.05, 3.63) is 83.9 Å². The molecule has 1 N–H and O–H groups in total. The second-order valence-corrected chi connectivity index (χ2v) is 5.84. The minimum absolute atomic E-state index is 0.616. The minimum atomic E-state index is 0.616. The first-order chi connectivity index (χ1) is 11.8. The summed E-state index contributed by atoms with van der Waals surface area (Å²) in [4.78, 5) is 4.21. The summed E-state index contributed by atoms with van der Waals surface area (Å²) in [5, 5.41) is 8.31. The zero-order chi connectivity index (χ0) is 16.6. The third-order valence-corrected chi connectivity index (χ3v) is 4.11. The van der Waals surface area contributed by atoms with Gasteiger partial charge in [-0.25, -0.2) is 0 Å². The van der Waals surface area contributed by atoms with Gasteiger partial charge in [0.1, 0.15) is 0 Å². The Balaban J connectivity index is 1.48. The maximum Gasteiger partial charge on any atom is 0.194 e. The lowest BCUT2D eigenvalue weighted by molar-refractivity contribution is 0.509. The normalized spacial score (nSPS) is 15.1. The summed E-state index contributed by atoms with van der Waals surface area (Å²) in [5.74, 6) is 0.616. The fourth-order valence-electron chi connectivity index (χ4n) is 2.77. The van der Waals surface area contributed by atoms with Crippen molar-refractivity contribution in [1.82, 2.24) is 9.80 Å². The van der Waals surface area contributed by atoms with Crippen LogP contribution in [0.15, 0.2) is 72.8 Å². The van der Waals surface area contributed by atoms with E-state index in [0.29, 0.717) is 5.96 Å². The van der Waals surface area contributed by atoms with Gasteiger partial charge < -0.3 is 9.80 Å². The average molecular weight is 317 g/mol. The van der Waals surface area contributed by atoms with Crippen molar-refractivity contribution in [2.75, 3.05) is 26.2 Å². The van der Waals surface area contributed by atoms with Crippen LogP contribution in [0, 0.1) is 5.41 Å². The summed E-state index contributed by atoms with van der Waals surface area (Å²) >= 11 is 0. The first-order valence-corrected chi connectivity index (χ1v) is 8.34. The largest absolute Gasteiger partial charge is 0.337 e. The Labute approximate surface area is 144 Å². The molecule has 0 spiro atoms. The molecular weight excluding hydrogens is 294 g/mol. The van der Waals surface area contributed by atoms with Crippen molar-refractivity contribution < 1.29 is 0 Å². The molecule has 2 aromatic rings. The van der Waals surface area contributed by atoms with Gasteiger partial charge in [-0.1, -0.05) is 85.0 Å². The van der Waals surface area contributed by atoms with E-state index in [2.05, 4.69) is 58.4 Å². The smallest absolute Gasteiger partial charge is 0.194 e. The summed E-state index contributed by atoms with van der Waals surface area (Å²) in [5.41, 5.74) is 2.40. The Kier molecular flexibility index (Phi) is 5.46. The van der Waals surface area contributed by atoms with Gasteiger partial charge in [-0.15, -0.1) is 0 Å². The lowest BCUT2D eigenvalue weighted by Crippen LogP contribution is -2.32. The topological polar surface area (TPSA) is 30.3 Å². The highest BCUT2D eigenvalue weighted by molar-refractivity contribution is 5.79. The van der Waals surface area contributed by atoms with Gasteiger partial charge in [0, 0.05) is 26.2 Å². The lowest BCUT2D eigenvalue weighted by atomic mass is 10.2. The van der Waals surface area contributed by atoms with E-state index in [1.807, 2.05) is 36.4 Å². The maximum atomic E-state index is 8.31. The Bertz CT molecular complexity index is 643. The van der Waals surface area contributed by atoms with Crippen LogP contribution in [0.25, 0.3) is 12.2 Å². The van der Waals surface area contributed by atoms with Crippen LogP contribution in [-0.2, 0) is 0 Å². The molecule has 0 bridgehead atoms. The van der Waals surface area contributed by atoms with E-state index in [9.17, 15) is 0 Å². The average Bonchev–Trinajstić information content (AvgIpc) is 2.97. The van der Waals surface area contributed by atoms with Gasteiger partial charge in [0.05, 0.1) is 0 Å². The monoisotopic (exact) mass is 317 g/mol. The van der Waals surface area contributed by atoms with Crippen molar-refractivity contribution in [3.8, 4) is 0 Å². The van der Waals surface area contributed by atoms with Crippen molar-refractivity contribution in [1.29, 1.82) is 5.41 Å². The minimum Gasteiger partial charge on any atom is -0.337 e. The van der Waals surface area contributed by atoms with E-state index in [4.69, 9.17) is 5.41 Å². The molecule has 1 saturated heterocycles. The predicted octanol–water partition coefficient (Wildman–Crippen LogP) is 3.97. The molecule has 3 heteroatoms. The molecule has 0 unspecified atom stereocenters. The summed E-state index contributed by atoms with van der Waals surface area (Å²) in [7, 11) is 0. The molecule has 122 valence electrons. The standard InChI is InChI=1S/C21H23N3/c22-21-23(15-7-13-19-9-3-1-4-10-19)17-18-24(21)16-8-14-20-11-5-2-6-12-20/h1-14,22H,15-18H2/b13-7+,14-8+. The Morgan fingerprint density at radius 2 is 1.12 bits per heavy atom. The van der Waals surface area contributed by atoms with E-state index in [0.717, 1.165) is 26.2 Å². The molecule has 1 fully saturated rings. The molecule has 24 heavy (non-hydrogen) atoms. The second-order valence-electron chi connectivity index (χ2n) is 5.84. The van der Waals surface area contributed by atoms with E-state index in [1.54, 1.807) is 0 Å². The van der Waals surface area contributed by atoms with Crippen LogP contribution in [0.1, 0.15) is 11.1 Å². The van der Waals surface area contributed by atoms with E-state index >= 15 is 0 Å². The number of nitrogens with zero attached hydrogens (tertiary/aromatic N) is 2. The molecule has 1 aliphatic heterocycles. The fraction of sp³-hybridized carbons (Fsp3) is 0.190. The molecule has 2 aromatic carbocycles. The summed E-state index contributed by atoms with van der Waals surface area (Å²) in [6.45, 7) is 3.40. The SMILES string of the molecule is N=C1N(C/C=C/c2ccccc2)CCN1C/C=C/c1ccccc1. The van der Waals surface area contributed by atoms with E-state index in [-0.39, 0.29) is 0 Å². The van der Waals surface area contributed by atoms with Crippen LogP contribution in [0.3, 0.4) is 0 Å². The first-order valence-electron chi connectivity index (χ1n) is 8.34. The van der Waals surface area contributed by atoms with Crippen molar-refractivity contribution in [3.63, 3.8) is 0 Å². The molecule has 0 saturated carbocycles. The van der Waals surface area contributed by atoms with Crippen LogP contribution >= 0.6 is 0 Å². The molecule has 0 radical (unpaired) electrons. The summed E-state index contributed by atoms with van der Waals surface area (Å²) < 4.78 is 0. The third-order valence-electron chi connectivity index (χ3n) is 4.11. The molecule has 1 heterocycles. The molecule has 0 amide bonds.